The van der Waals surface area contributed by atoms with Gasteiger partial charge < -0.3 is 10.6 Å². The molecule has 2 aromatic rings. The van der Waals surface area contributed by atoms with E-state index in [0.29, 0.717) is 22.9 Å². The average Bonchev–Trinajstić information content (AvgIpc) is 2.84. The molecule has 0 aliphatic carbocycles. The maximum atomic E-state index is 11.5. The van der Waals surface area contributed by atoms with Crippen LogP contribution in [0.4, 0.5) is 5.69 Å². The normalized spacial score (nSPS) is 19.6. The van der Waals surface area contributed by atoms with Crippen LogP contribution in [0.15, 0.2) is 41.3 Å². The van der Waals surface area contributed by atoms with Crippen LogP contribution in [0.25, 0.3) is 10.8 Å². The first-order chi connectivity index (χ1) is 11.7. The Kier molecular flexibility index (Phi) is 4.71. The predicted molar refractivity (Wildman–Crippen MR) is 100 cm³/mol. The number of sulfone groups is 1. The largest absolute Gasteiger partial charge is 0.359 e. The van der Waals surface area contributed by atoms with Crippen molar-refractivity contribution in [1.29, 1.82) is 0 Å². The second-order valence-corrected chi connectivity index (χ2v) is 9.86. The van der Waals surface area contributed by atoms with E-state index in [1.807, 2.05) is 0 Å². The molecule has 10 heteroatoms. The lowest BCUT2D eigenvalue weighted by Crippen LogP contribution is -2.38. The van der Waals surface area contributed by atoms with Crippen molar-refractivity contribution in [3.05, 3.63) is 36.4 Å². The Balaban J connectivity index is 1.86. The van der Waals surface area contributed by atoms with Crippen LogP contribution in [0.5, 0.6) is 0 Å². The lowest BCUT2D eigenvalue weighted by molar-refractivity contribution is 0.484. The fraction of sp³-hybridized carbons (Fsp3) is 0.267. The second kappa shape index (κ2) is 6.52. The Bertz CT molecular complexity index is 1050. The van der Waals surface area contributed by atoms with Crippen molar-refractivity contribution in [1.82, 2.24) is 5.32 Å². The molecule has 1 saturated heterocycles. The van der Waals surface area contributed by atoms with Crippen LogP contribution in [-0.2, 0) is 20.0 Å². The number of benzene rings is 2. The van der Waals surface area contributed by atoms with Gasteiger partial charge in [0, 0.05) is 22.5 Å². The summed E-state index contributed by atoms with van der Waals surface area (Å²) in [5.74, 6) is 0.177. The van der Waals surface area contributed by atoms with Crippen molar-refractivity contribution in [2.45, 2.75) is 17.4 Å². The van der Waals surface area contributed by atoms with Gasteiger partial charge >= 0.3 is 0 Å². The molecule has 0 spiro atoms. The van der Waals surface area contributed by atoms with E-state index >= 15 is 0 Å². The zero-order valence-corrected chi connectivity index (χ0v) is 15.4. The highest BCUT2D eigenvalue weighted by Crippen LogP contribution is 2.28. The van der Waals surface area contributed by atoms with Crippen LogP contribution < -0.4 is 10.6 Å². The number of hydrogen-bond acceptors (Lipinski definition) is 5. The number of thiocarbonyl (C=S) groups is 1. The minimum Gasteiger partial charge on any atom is -0.359 e. The third-order valence-electron chi connectivity index (χ3n) is 3.98. The molecule has 1 fully saturated rings. The Morgan fingerprint density at radius 3 is 2.48 bits per heavy atom. The third-order valence-corrected chi connectivity index (χ3v) is 6.88. The summed E-state index contributed by atoms with van der Waals surface area (Å²) in [5.41, 5.74) is 0.557. The molecule has 1 aliphatic heterocycles. The first-order valence-electron chi connectivity index (χ1n) is 7.43. The van der Waals surface area contributed by atoms with Crippen LogP contribution in [0.1, 0.15) is 6.42 Å². The smallest absolute Gasteiger partial charge is 0.295 e. The topological polar surface area (TPSA) is 113 Å². The molecule has 0 amide bonds. The van der Waals surface area contributed by atoms with Gasteiger partial charge in [-0.1, -0.05) is 24.3 Å². The van der Waals surface area contributed by atoms with E-state index in [4.69, 9.17) is 12.2 Å². The van der Waals surface area contributed by atoms with Crippen molar-refractivity contribution >= 4 is 53.7 Å². The summed E-state index contributed by atoms with van der Waals surface area (Å²) in [6, 6.07) is 9.25. The first-order valence-corrected chi connectivity index (χ1v) is 11.1. The molecule has 0 radical (unpaired) electrons. The van der Waals surface area contributed by atoms with Crippen LogP contribution >= 0.6 is 12.2 Å². The molecule has 0 saturated carbocycles. The van der Waals surface area contributed by atoms with Crippen LogP contribution in [0.2, 0.25) is 0 Å². The zero-order valence-electron chi connectivity index (χ0n) is 13.0. The number of fused-ring (bicyclic) bond motifs is 1. The molecule has 3 N–H and O–H groups in total. The van der Waals surface area contributed by atoms with Gasteiger partial charge in [-0.05, 0) is 30.8 Å². The lowest BCUT2D eigenvalue weighted by Gasteiger charge is -2.16. The Hall–Kier alpha value is -1.75. The molecule has 1 atom stereocenters. The number of anilines is 1. The van der Waals surface area contributed by atoms with Gasteiger partial charge in [0.25, 0.3) is 10.1 Å². The van der Waals surface area contributed by atoms with Crippen molar-refractivity contribution in [2.24, 2.45) is 0 Å². The van der Waals surface area contributed by atoms with Crippen LogP contribution in [0, 0.1) is 0 Å². The number of hydrogen-bond donors (Lipinski definition) is 3. The minimum atomic E-state index is -4.35. The molecule has 0 bridgehead atoms. The van der Waals surface area contributed by atoms with Crippen molar-refractivity contribution < 1.29 is 21.4 Å². The van der Waals surface area contributed by atoms with E-state index < -0.39 is 20.0 Å². The maximum absolute atomic E-state index is 11.5. The summed E-state index contributed by atoms with van der Waals surface area (Å²) in [6.07, 6.45) is 0.493. The van der Waals surface area contributed by atoms with Gasteiger partial charge in [-0.15, -0.1) is 0 Å². The van der Waals surface area contributed by atoms with E-state index in [1.54, 1.807) is 24.3 Å². The monoisotopic (exact) mass is 400 g/mol. The van der Waals surface area contributed by atoms with E-state index in [0.717, 1.165) is 0 Å². The second-order valence-electron chi connectivity index (χ2n) is 5.83. The molecule has 1 unspecified atom stereocenters. The summed E-state index contributed by atoms with van der Waals surface area (Å²) in [4.78, 5) is -0.186. The maximum Gasteiger partial charge on any atom is 0.295 e. The molecule has 2 aromatic carbocycles. The highest BCUT2D eigenvalue weighted by Gasteiger charge is 2.28. The Morgan fingerprint density at radius 2 is 1.84 bits per heavy atom. The van der Waals surface area contributed by atoms with E-state index in [9.17, 15) is 21.4 Å². The van der Waals surface area contributed by atoms with Crippen molar-refractivity contribution in [3.63, 3.8) is 0 Å². The molecule has 0 aromatic heterocycles. The van der Waals surface area contributed by atoms with Gasteiger partial charge in [0.2, 0.25) is 0 Å². The van der Waals surface area contributed by atoms with Gasteiger partial charge in [0.15, 0.2) is 14.9 Å². The van der Waals surface area contributed by atoms with Gasteiger partial charge in [-0.3, -0.25) is 4.55 Å². The van der Waals surface area contributed by atoms with Gasteiger partial charge in [-0.2, -0.15) is 8.42 Å². The molecular formula is C15H16N2O5S3. The zero-order chi connectivity index (χ0) is 18.2. The van der Waals surface area contributed by atoms with Crippen LogP contribution in [0.3, 0.4) is 0 Å². The van der Waals surface area contributed by atoms with Crippen molar-refractivity contribution in [2.75, 3.05) is 16.8 Å². The predicted octanol–water partition coefficient (Wildman–Crippen LogP) is 1.56. The number of rotatable bonds is 3. The number of nitrogens with one attached hydrogen (secondary N) is 2. The third kappa shape index (κ3) is 4.09. The quantitative estimate of drug-likeness (QED) is 0.526. The highest BCUT2D eigenvalue weighted by atomic mass is 32.2. The summed E-state index contributed by atoms with van der Waals surface area (Å²) in [5, 5.41) is 7.12. The van der Waals surface area contributed by atoms with Crippen LogP contribution in [-0.4, -0.2) is 44.0 Å². The van der Waals surface area contributed by atoms with E-state index in [2.05, 4.69) is 10.6 Å². The van der Waals surface area contributed by atoms with E-state index in [-0.39, 0.29) is 27.6 Å². The molecule has 25 heavy (non-hydrogen) atoms. The molecular weight excluding hydrogens is 384 g/mol. The minimum absolute atomic E-state index is 0.0389. The lowest BCUT2D eigenvalue weighted by atomic mass is 10.1. The standard InChI is InChI=1S/C15H16N2O5S3/c18-24(19)8-7-10(9-24)16-15(23)17-13-5-1-4-12-11(13)3-2-6-14(12)25(20,21)22/h1-6,10H,7-9H2,(H2,16,17,23)(H,20,21,22). The molecule has 7 nitrogen and oxygen atoms in total. The molecule has 1 heterocycles. The summed E-state index contributed by atoms with van der Waals surface area (Å²) >= 11 is 5.23. The molecule has 134 valence electrons. The average molecular weight is 401 g/mol. The summed E-state index contributed by atoms with van der Waals surface area (Å²) in [7, 11) is -7.36. The first kappa shape index (κ1) is 18.1. The fourth-order valence-corrected chi connectivity index (χ4v) is 5.52. The summed E-state index contributed by atoms with van der Waals surface area (Å²) in [6.45, 7) is 0. The molecule has 1 aliphatic rings. The fourth-order valence-electron chi connectivity index (χ4n) is 2.87. The Morgan fingerprint density at radius 1 is 1.16 bits per heavy atom. The highest BCUT2D eigenvalue weighted by molar-refractivity contribution is 7.91. The Labute approximate surface area is 151 Å². The van der Waals surface area contributed by atoms with Gasteiger partial charge in [0.1, 0.15) is 4.90 Å². The molecule has 3 rings (SSSR count). The summed E-state index contributed by atoms with van der Waals surface area (Å²) < 4.78 is 55.4. The van der Waals surface area contributed by atoms with Crippen molar-refractivity contribution in [3.8, 4) is 0 Å². The van der Waals surface area contributed by atoms with Gasteiger partial charge in [-0.25, -0.2) is 8.42 Å². The van der Waals surface area contributed by atoms with Gasteiger partial charge in [0.05, 0.1) is 11.5 Å². The SMILES string of the molecule is O=S1(=O)CCC(NC(=S)Nc2cccc3c(S(=O)(=O)O)cccc23)C1. The van der Waals surface area contributed by atoms with E-state index in [1.165, 1.54) is 12.1 Å².